The second kappa shape index (κ2) is 5.63. The largest absolute Gasteiger partial charge is 0.373 e. The molecule has 0 spiro atoms. The summed E-state index contributed by atoms with van der Waals surface area (Å²) in [6.07, 6.45) is 9.03. The average Bonchev–Trinajstić information content (AvgIpc) is 3.14. The number of hydrogen-bond donors (Lipinski definition) is 1. The summed E-state index contributed by atoms with van der Waals surface area (Å²) < 4.78 is 7.98. The zero-order valence-electron chi connectivity index (χ0n) is 12.0. The Morgan fingerprint density at radius 2 is 2.26 bits per heavy atom. The van der Waals surface area contributed by atoms with Crippen molar-refractivity contribution in [3.63, 3.8) is 0 Å². The van der Waals surface area contributed by atoms with Crippen LogP contribution < -0.4 is 5.32 Å². The molecule has 0 amide bonds. The van der Waals surface area contributed by atoms with Gasteiger partial charge in [0.1, 0.15) is 0 Å². The van der Waals surface area contributed by atoms with Crippen molar-refractivity contribution >= 4 is 0 Å². The zero-order chi connectivity index (χ0) is 13.2. The van der Waals surface area contributed by atoms with Gasteiger partial charge in [-0.05, 0) is 38.2 Å². The van der Waals surface area contributed by atoms with Crippen molar-refractivity contribution < 1.29 is 4.74 Å². The molecule has 2 aliphatic rings. The fourth-order valence-electron chi connectivity index (χ4n) is 3.43. The van der Waals surface area contributed by atoms with Gasteiger partial charge in [0, 0.05) is 18.8 Å². The number of aromatic nitrogens is 2. The number of ether oxygens (including phenoxy) is 1. The molecule has 19 heavy (non-hydrogen) atoms. The summed E-state index contributed by atoms with van der Waals surface area (Å²) >= 11 is 0. The molecule has 3 rings (SSSR count). The second-order valence-corrected chi connectivity index (χ2v) is 5.85. The first-order chi connectivity index (χ1) is 9.30. The van der Waals surface area contributed by atoms with E-state index in [1.807, 2.05) is 0 Å². The van der Waals surface area contributed by atoms with E-state index in [-0.39, 0.29) is 0 Å². The Bertz CT molecular complexity index is 413. The molecule has 1 aromatic rings. The topological polar surface area (TPSA) is 39.1 Å². The maximum atomic E-state index is 5.86. The Balaban J connectivity index is 1.53. The predicted octanol–water partition coefficient (Wildman–Crippen LogP) is 2.65. The Morgan fingerprint density at radius 3 is 2.89 bits per heavy atom. The van der Waals surface area contributed by atoms with Crippen LogP contribution >= 0.6 is 0 Å². The van der Waals surface area contributed by atoms with Gasteiger partial charge in [-0.2, -0.15) is 5.10 Å². The van der Waals surface area contributed by atoms with E-state index in [9.17, 15) is 0 Å². The van der Waals surface area contributed by atoms with Gasteiger partial charge in [-0.3, -0.25) is 4.68 Å². The minimum Gasteiger partial charge on any atom is -0.373 e. The fraction of sp³-hybridized carbons (Fsp3) is 0.800. The maximum absolute atomic E-state index is 5.86. The predicted molar refractivity (Wildman–Crippen MR) is 75.0 cm³/mol. The van der Waals surface area contributed by atoms with Crippen LogP contribution in [0.3, 0.4) is 0 Å². The van der Waals surface area contributed by atoms with Crippen molar-refractivity contribution in [3.05, 3.63) is 18.0 Å². The van der Waals surface area contributed by atoms with E-state index >= 15 is 0 Å². The standard InChI is InChI=1S/C15H25N3O/c1-3-12(4-2)18-8-7-11(17-18)10-16-14-9-13-5-6-15(14)19-13/h7-8,12-16H,3-6,9-10H2,1-2H3. The lowest BCUT2D eigenvalue weighted by atomic mass is 9.95. The average molecular weight is 263 g/mol. The highest BCUT2D eigenvalue weighted by atomic mass is 16.5. The molecular formula is C15H25N3O. The van der Waals surface area contributed by atoms with Gasteiger partial charge in [0.2, 0.25) is 0 Å². The van der Waals surface area contributed by atoms with Crippen LogP contribution in [0.15, 0.2) is 12.3 Å². The van der Waals surface area contributed by atoms with Crippen LogP contribution in [0.2, 0.25) is 0 Å². The van der Waals surface area contributed by atoms with Crippen LogP contribution in [-0.4, -0.2) is 28.0 Å². The molecule has 2 fully saturated rings. The van der Waals surface area contributed by atoms with Crippen LogP contribution in [0, 0.1) is 0 Å². The van der Waals surface area contributed by atoms with E-state index < -0.39 is 0 Å². The molecule has 1 aromatic heterocycles. The van der Waals surface area contributed by atoms with Crippen molar-refractivity contribution in [3.8, 4) is 0 Å². The summed E-state index contributed by atoms with van der Waals surface area (Å²) in [5, 5.41) is 8.31. The number of rotatable bonds is 6. The molecule has 2 saturated heterocycles. The summed E-state index contributed by atoms with van der Waals surface area (Å²) in [5.41, 5.74) is 1.15. The van der Waals surface area contributed by atoms with E-state index in [4.69, 9.17) is 4.74 Å². The molecule has 4 nitrogen and oxygen atoms in total. The number of fused-ring (bicyclic) bond motifs is 2. The number of nitrogens with one attached hydrogen (secondary N) is 1. The molecule has 0 aliphatic carbocycles. The highest BCUT2D eigenvalue weighted by Gasteiger charge is 2.40. The molecule has 1 N–H and O–H groups in total. The van der Waals surface area contributed by atoms with Crippen LogP contribution in [0.4, 0.5) is 0 Å². The maximum Gasteiger partial charge on any atom is 0.0762 e. The lowest BCUT2D eigenvalue weighted by molar-refractivity contribution is 0.0972. The van der Waals surface area contributed by atoms with Crippen molar-refractivity contribution in [2.75, 3.05) is 0 Å². The first-order valence-corrected chi connectivity index (χ1v) is 7.73. The van der Waals surface area contributed by atoms with Crippen LogP contribution in [0.1, 0.15) is 57.7 Å². The minimum atomic E-state index is 0.450. The monoisotopic (exact) mass is 263 g/mol. The Labute approximate surface area is 115 Å². The molecule has 2 bridgehead atoms. The summed E-state index contributed by atoms with van der Waals surface area (Å²) in [4.78, 5) is 0. The summed E-state index contributed by atoms with van der Waals surface area (Å²) in [6, 6.07) is 3.22. The van der Waals surface area contributed by atoms with Gasteiger partial charge < -0.3 is 10.1 Å². The van der Waals surface area contributed by atoms with Gasteiger partial charge in [0.05, 0.1) is 23.9 Å². The van der Waals surface area contributed by atoms with Crippen molar-refractivity contribution in [2.24, 2.45) is 0 Å². The van der Waals surface area contributed by atoms with Crippen LogP contribution in [-0.2, 0) is 11.3 Å². The molecule has 3 heterocycles. The third-order valence-electron chi connectivity index (χ3n) is 4.63. The van der Waals surface area contributed by atoms with Crippen molar-refractivity contribution in [1.82, 2.24) is 15.1 Å². The van der Waals surface area contributed by atoms with Gasteiger partial charge in [0.25, 0.3) is 0 Å². The van der Waals surface area contributed by atoms with E-state index in [0.29, 0.717) is 24.3 Å². The van der Waals surface area contributed by atoms with E-state index in [2.05, 4.69) is 41.2 Å². The molecule has 4 heteroatoms. The van der Waals surface area contributed by atoms with Crippen LogP contribution in [0.5, 0.6) is 0 Å². The first-order valence-electron chi connectivity index (χ1n) is 7.73. The second-order valence-electron chi connectivity index (χ2n) is 5.85. The molecule has 3 atom stereocenters. The Hall–Kier alpha value is -0.870. The summed E-state index contributed by atoms with van der Waals surface area (Å²) in [7, 11) is 0. The van der Waals surface area contributed by atoms with E-state index in [1.165, 1.54) is 19.3 Å². The lowest BCUT2D eigenvalue weighted by Crippen LogP contribution is -2.37. The third-order valence-corrected chi connectivity index (χ3v) is 4.63. The summed E-state index contributed by atoms with van der Waals surface area (Å²) in [5.74, 6) is 0. The van der Waals surface area contributed by atoms with Crippen molar-refractivity contribution in [2.45, 2.75) is 76.8 Å². The molecule has 0 aromatic carbocycles. The molecule has 3 unspecified atom stereocenters. The van der Waals surface area contributed by atoms with E-state index in [1.54, 1.807) is 0 Å². The van der Waals surface area contributed by atoms with E-state index in [0.717, 1.165) is 25.1 Å². The zero-order valence-corrected chi connectivity index (χ0v) is 12.0. The fourth-order valence-corrected chi connectivity index (χ4v) is 3.43. The molecule has 106 valence electrons. The third kappa shape index (κ3) is 2.70. The molecule has 0 radical (unpaired) electrons. The van der Waals surface area contributed by atoms with Crippen molar-refractivity contribution in [1.29, 1.82) is 0 Å². The smallest absolute Gasteiger partial charge is 0.0762 e. The summed E-state index contributed by atoms with van der Waals surface area (Å²) in [6.45, 7) is 5.31. The van der Waals surface area contributed by atoms with Gasteiger partial charge in [0.15, 0.2) is 0 Å². The quantitative estimate of drug-likeness (QED) is 0.857. The van der Waals surface area contributed by atoms with Gasteiger partial charge >= 0.3 is 0 Å². The normalized spacial score (nSPS) is 29.5. The SMILES string of the molecule is CCC(CC)n1ccc(CNC2CC3CCC2O3)n1. The Morgan fingerprint density at radius 1 is 1.42 bits per heavy atom. The van der Waals surface area contributed by atoms with Crippen LogP contribution in [0.25, 0.3) is 0 Å². The lowest BCUT2D eigenvalue weighted by Gasteiger charge is -2.19. The van der Waals surface area contributed by atoms with Gasteiger partial charge in [-0.25, -0.2) is 0 Å². The highest BCUT2D eigenvalue weighted by molar-refractivity contribution is 5.01. The molecule has 0 saturated carbocycles. The van der Waals surface area contributed by atoms with Gasteiger partial charge in [-0.15, -0.1) is 0 Å². The first kappa shape index (κ1) is 13.1. The molecule has 2 aliphatic heterocycles. The molecular weight excluding hydrogens is 238 g/mol. The Kier molecular flexibility index (Phi) is 3.89. The number of nitrogens with zero attached hydrogens (tertiary/aromatic N) is 2. The highest BCUT2D eigenvalue weighted by Crippen LogP contribution is 2.34. The minimum absolute atomic E-state index is 0.450. The number of hydrogen-bond acceptors (Lipinski definition) is 3. The van der Waals surface area contributed by atoms with Gasteiger partial charge in [-0.1, -0.05) is 13.8 Å².